The number of benzene rings is 3. The Morgan fingerprint density at radius 2 is 0.714 bits per heavy atom. The lowest BCUT2D eigenvalue weighted by Gasteiger charge is -2.12. The Hall–Kier alpha value is -8.20. The number of aromatic hydroxyl groups is 1. The zero-order valence-corrected chi connectivity index (χ0v) is 62.7. The Morgan fingerprint density at radius 3 is 1.03 bits per heavy atom. The van der Waals surface area contributed by atoms with Gasteiger partial charge in [0.15, 0.2) is 34.5 Å². The summed E-state index contributed by atoms with van der Waals surface area (Å²) in [5.41, 5.74) is 2.57. The molecule has 3 rings (SSSR count). The van der Waals surface area contributed by atoms with Crippen molar-refractivity contribution in [1.29, 1.82) is 0 Å². The number of carboxylic acid groups (broad SMARTS) is 1. The van der Waals surface area contributed by atoms with E-state index in [2.05, 4.69) is 103 Å². The van der Waals surface area contributed by atoms with Crippen molar-refractivity contribution >= 4 is 64.4 Å². The molecular weight excluding hydrogens is 1280 g/mol. The predicted octanol–water partition coefficient (Wildman–Crippen LogP) is 16.2. The summed E-state index contributed by atoms with van der Waals surface area (Å²) < 4.78 is 35.0. The van der Waals surface area contributed by atoms with Crippen LogP contribution in [-0.2, 0) is 72.3 Å². The molecule has 0 aliphatic rings. The highest BCUT2D eigenvalue weighted by molar-refractivity contribution is 6.63. The summed E-state index contributed by atoms with van der Waals surface area (Å²) in [6.07, 6.45) is 24.1. The van der Waals surface area contributed by atoms with Crippen molar-refractivity contribution in [3.63, 3.8) is 0 Å². The number of amides is 3. The minimum absolute atomic E-state index is 0.00394. The van der Waals surface area contributed by atoms with Crippen molar-refractivity contribution in [3.8, 4) is 34.5 Å². The molecule has 0 radical (unpaired) electrons. The lowest BCUT2D eigenvalue weighted by atomic mass is 10.1. The van der Waals surface area contributed by atoms with Crippen LogP contribution in [0.3, 0.4) is 0 Å². The first-order valence-corrected chi connectivity index (χ1v) is 34.7. The first-order valence-electron chi connectivity index (χ1n) is 34.3. The summed E-state index contributed by atoms with van der Waals surface area (Å²) in [4.78, 5) is 101. The third kappa shape index (κ3) is 56.9. The molecule has 0 spiro atoms. The van der Waals surface area contributed by atoms with Crippen LogP contribution in [0.1, 0.15) is 228 Å². The molecule has 0 aliphatic heterocycles. The summed E-state index contributed by atoms with van der Waals surface area (Å²) in [7, 11) is 7.03. The van der Waals surface area contributed by atoms with Crippen LogP contribution in [0.2, 0.25) is 0 Å². The van der Waals surface area contributed by atoms with Gasteiger partial charge in [0.25, 0.3) is 0 Å². The van der Waals surface area contributed by atoms with Gasteiger partial charge in [-0.15, -0.1) is 0 Å². The van der Waals surface area contributed by atoms with E-state index in [1.165, 1.54) is 35.5 Å². The smallest absolute Gasteiger partial charge is 0.311 e. The number of hydrogen-bond donors (Lipinski definition) is 5. The van der Waals surface area contributed by atoms with E-state index in [1.54, 1.807) is 54.6 Å². The second kappa shape index (κ2) is 64.8. The largest absolute Gasteiger partial charge is 0.504 e. The highest BCUT2D eigenvalue weighted by Crippen LogP contribution is 2.30. The summed E-state index contributed by atoms with van der Waals surface area (Å²) in [5.74, 6) is 0.945. The van der Waals surface area contributed by atoms with Crippen LogP contribution in [-0.4, -0.2) is 98.6 Å². The van der Waals surface area contributed by atoms with E-state index in [4.69, 9.17) is 40.4 Å². The molecule has 0 saturated carbocycles. The lowest BCUT2D eigenvalue weighted by Crippen LogP contribution is -2.22. The molecule has 0 heterocycles. The number of methoxy groups -OCH3 is 5. The monoisotopic (exact) mass is 1400 g/mol. The van der Waals surface area contributed by atoms with Gasteiger partial charge in [-0.05, 0) is 153 Å². The number of aliphatic carboxylic acids is 1. The van der Waals surface area contributed by atoms with Crippen LogP contribution in [0.5, 0.6) is 34.5 Å². The molecule has 0 saturated heterocycles. The summed E-state index contributed by atoms with van der Waals surface area (Å²) in [6.45, 7) is 26.0. The fourth-order valence-electron chi connectivity index (χ4n) is 7.77. The van der Waals surface area contributed by atoms with Crippen molar-refractivity contribution in [2.45, 2.75) is 231 Å². The molecule has 0 atom stereocenters. The molecule has 21 nitrogen and oxygen atoms in total. The maximum absolute atomic E-state index is 12.0. The molecule has 22 heteroatoms. The quantitative estimate of drug-likeness (QED) is 0.0116. The zero-order chi connectivity index (χ0) is 75.1. The number of nitrogens with one attached hydrogen (secondary N) is 3. The average molecular weight is 1400 g/mol. The van der Waals surface area contributed by atoms with Crippen LogP contribution >= 0.6 is 11.6 Å². The summed E-state index contributed by atoms with van der Waals surface area (Å²) >= 11 is 4.93. The van der Waals surface area contributed by atoms with Crippen molar-refractivity contribution in [2.24, 2.45) is 17.8 Å². The van der Waals surface area contributed by atoms with Crippen LogP contribution in [0.4, 0.5) is 0 Å². The molecule has 3 amide bonds. The van der Waals surface area contributed by atoms with Crippen LogP contribution in [0.15, 0.2) is 91.1 Å². The van der Waals surface area contributed by atoms with Gasteiger partial charge in [-0.2, -0.15) is 0 Å². The number of phenolic OH excluding ortho intramolecular Hbond substituents is 1. The number of phenols is 1. The number of ether oxygens (including phenoxy) is 7. The standard InChI is InChI=1S/C24H35NO6.C23H33NO6.C18H27NO3.C5H7ClO3.3C2H6/c1-18(2)10-7-5-6-8-11-22(26)25-17-19-14-15-20(21(16-19)29-3)31-24(28)13-9-12-23(27)30-4;1-17(2)9-6-4-5-7-10-21(25)24-16-18-13-14-19(20(15-18)29-3)30-23(28)12-8-11-22(26)27;1-14(2)8-6-4-5-7-9-18(21)19-13-15-10-11-16(20)17(12-15)22-3;1-9-5(8)3-2-4(6)7;3*1-2/h7,10,14-16,18H,5-6,8-9,11-13,17H2,1-4H3,(H,25,26);6,9,13-15,17H,4-5,7-8,10-12,16H2,1-3H3,(H,24,25)(H,26,27);6,8,10-12,14,20H,4-5,7,9,13H2,1-3H3,(H,19,21);2-3H2,1H3;3*1-2H3/b10-7+;9-6+;8-6+;;;;. The molecule has 3 aromatic rings. The van der Waals surface area contributed by atoms with E-state index < -0.39 is 29.1 Å². The predicted molar refractivity (Wildman–Crippen MR) is 388 cm³/mol. The normalized spacial score (nSPS) is 10.3. The number of esters is 4. The minimum atomic E-state index is -0.949. The van der Waals surface area contributed by atoms with Gasteiger partial charge in [-0.25, -0.2) is 0 Å². The van der Waals surface area contributed by atoms with E-state index in [0.717, 1.165) is 74.5 Å². The summed E-state index contributed by atoms with van der Waals surface area (Å²) in [6, 6.07) is 15.3. The third-order valence-corrected chi connectivity index (χ3v) is 13.0. The van der Waals surface area contributed by atoms with E-state index in [-0.39, 0.29) is 80.1 Å². The molecule has 554 valence electrons. The maximum atomic E-state index is 12.0. The molecule has 5 N–H and O–H groups in total. The molecular formula is C76H120ClN3O18. The van der Waals surface area contributed by atoms with E-state index in [0.29, 0.717) is 86.1 Å². The van der Waals surface area contributed by atoms with Gasteiger partial charge in [0.1, 0.15) is 0 Å². The zero-order valence-electron chi connectivity index (χ0n) is 62.0. The van der Waals surface area contributed by atoms with Gasteiger partial charge >= 0.3 is 29.8 Å². The molecule has 0 aromatic heterocycles. The second-order valence-electron chi connectivity index (χ2n) is 22.1. The van der Waals surface area contributed by atoms with Gasteiger partial charge in [0.2, 0.25) is 23.0 Å². The number of rotatable bonds is 40. The Labute approximate surface area is 590 Å². The number of carbonyl (C=O) groups excluding carboxylic acids is 8. The number of carbonyl (C=O) groups is 9. The van der Waals surface area contributed by atoms with E-state index in [9.17, 15) is 48.3 Å². The molecule has 0 aliphatic carbocycles. The number of hydrogen-bond acceptors (Lipinski definition) is 17. The molecule has 3 aromatic carbocycles. The topological polar surface area (TPSA) is 295 Å². The number of carboxylic acids is 1. The Morgan fingerprint density at radius 1 is 0.398 bits per heavy atom. The molecule has 0 unspecified atom stereocenters. The van der Waals surface area contributed by atoms with Crippen molar-refractivity contribution in [3.05, 3.63) is 108 Å². The van der Waals surface area contributed by atoms with Crippen molar-refractivity contribution in [1.82, 2.24) is 16.0 Å². The van der Waals surface area contributed by atoms with Crippen LogP contribution in [0, 0.1) is 17.8 Å². The maximum Gasteiger partial charge on any atom is 0.311 e. The molecule has 0 bridgehead atoms. The van der Waals surface area contributed by atoms with Gasteiger partial charge in [0.05, 0.1) is 42.0 Å². The minimum Gasteiger partial charge on any atom is -0.504 e. The fourth-order valence-corrected chi connectivity index (χ4v) is 7.87. The second-order valence-corrected chi connectivity index (χ2v) is 22.5. The Bertz CT molecular complexity index is 2780. The SMILES string of the molecule is CC.CC.CC.COC(=O)CCC(=O)Cl.COC(=O)CCCC(=O)Oc1ccc(CNC(=O)CCCC/C=C/C(C)C)cc1OC.COc1cc(CNC(=O)CCCC/C=C/C(C)C)ccc1O.COc1cc(CNC(=O)CCCC/C=C/C(C)C)ccc1OC(=O)CCCC(=O)O. The van der Waals surface area contributed by atoms with Crippen LogP contribution in [0.25, 0.3) is 0 Å². The fraction of sp³-hybridized carbons (Fsp3) is 0.566. The first-order chi connectivity index (χ1) is 46.8. The average Bonchev–Trinajstić information content (AvgIpc) is 0.940. The highest BCUT2D eigenvalue weighted by Gasteiger charge is 2.15. The summed E-state index contributed by atoms with van der Waals surface area (Å²) in [5, 5.41) is 26.3. The first kappa shape index (κ1) is 96.2. The highest BCUT2D eigenvalue weighted by atomic mass is 35.5. The van der Waals surface area contributed by atoms with Crippen molar-refractivity contribution in [2.75, 3.05) is 35.5 Å². The van der Waals surface area contributed by atoms with Crippen molar-refractivity contribution < 1.29 is 86.5 Å². The van der Waals surface area contributed by atoms with E-state index >= 15 is 0 Å². The lowest BCUT2D eigenvalue weighted by molar-refractivity contribution is -0.142. The van der Waals surface area contributed by atoms with Gasteiger partial charge in [0, 0.05) is 71.0 Å². The van der Waals surface area contributed by atoms with E-state index in [1.807, 2.05) is 41.5 Å². The van der Waals surface area contributed by atoms with Gasteiger partial charge in [-0.1, -0.05) is 138 Å². The number of allylic oxidation sites excluding steroid dienone is 6. The molecule has 98 heavy (non-hydrogen) atoms. The number of halogens is 1. The molecule has 0 fully saturated rings. The number of unbranched alkanes of at least 4 members (excludes halogenated alkanes) is 6. The van der Waals surface area contributed by atoms with Gasteiger partial charge < -0.3 is 59.3 Å². The Kier molecular flexibility index (Phi) is 63.6. The van der Waals surface area contributed by atoms with Gasteiger partial charge in [-0.3, -0.25) is 43.2 Å². The Balaban J connectivity index is -0.000000618. The third-order valence-electron chi connectivity index (χ3n) is 12.8. The van der Waals surface area contributed by atoms with Crippen LogP contribution < -0.4 is 39.6 Å².